The lowest BCUT2D eigenvalue weighted by Gasteiger charge is -2.16. The molecule has 1 aromatic rings. The molecule has 9 heteroatoms. The number of ether oxygens (including phenoxy) is 1. The first kappa shape index (κ1) is 20.0. The lowest BCUT2D eigenvalue weighted by Crippen LogP contribution is -2.29. The highest BCUT2D eigenvalue weighted by Crippen LogP contribution is 2.37. The Bertz CT molecular complexity index is 716. The van der Waals surface area contributed by atoms with E-state index in [1.807, 2.05) is 0 Å². The number of anilines is 1. The van der Waals surface area contributed by atoms with Crippen LogP contribution in [0.15, 0.2) is 40.1 Å². The molecule has 2 unspecified atom stereocenters. The van der Waals surface area contributed by atoms with Crippen molar-refractivity contribution in [3.8, 4) is 0 Å². The number of alkyl halides is 1. The van der Waals surface area contributed by atoms with Crippen molar-refractivity contribution in [2.45, 2.75) is 19.3 Å². The van der Waals surface area contributed by atoms with Gasteiger partial charge < -0.3 is 15.6 Å². The molecule has 2 heterocycles. The Kier molecular flexibility index (Phi) is 7.76. The Hall–Kier alpha value is -2.03. The van der Waals surface area contributed by atoms with Crippen LogP contribution in [0.4, 0.5) is 14.6 Å². The van der Waals surface area contributed by atoms with Crippen molar-refractivity contribution in [3.05, 3.63) is 51.3 Å². The molecule has 1 fully saturated rings. The lowest BCUT2D eigenvalue weighted by molar-refractivity contribution is -0.00835. The first-order chi connectivity index (χ1) is 11.6. The third-order valence-electron chi connectivity index (χ3n) is 3.34. The standard InChI is InChI=1S/C14H15ClFN3O3.CH3F/c1-2-9-10(5-16)11(7-20)22-13(9)19-6-8(3-4-15)12(17)18-14(19)21;1-2/h2-6,11,13,20H,7H2,1H3,(H2,17,18,21);1H3/b4-3+,9-2+,10-5+;. The van der Waals surface area contributed by atoms with Gasteiger partial charge in [-0.1, -0.05) is 17.7 Å². The van der Waals surface area contributed by atoms with Gasteiger partial charge in [-0.25, -0.2) is 9.18 Å². The largest absolute Gasteiger partial charge is 0.393 e. The summed E-state index contributed by atoms with van der Waals surface area (Å²) in [6.45, 7) is 1.28. The number of nitrogens with two attached hydrogens (primary N) is 1. The van der Waals surface area contributed by atoms with Crippen molar-refractivity contribution >= 4 is 23.5 Å². The number of rotatable bonds is 3. The van der Waals surface area contributed by atoms with Crippen LogP contribution in [0.3, 0.4) is 0 Å². The van der Waals surface area contributed by atoms with Crippen molar-refractivity contribution in [2.75, 3.05) is 19.5 Å². The van der Waals surface area contributed by atoms with Crippen LogP contribution in [0.25, 0.3) is 6.08 Å². The van der Waals surface area contributed by atoms with E-state index < -0.39 is 24.6 Å². The highest BCUT2D eigenvalue weighted by atomic mass is 35.5. The van der Waals surface area contributed by atoms with Gasteiger partial charge in [0, 0.05) is 28.4 Å². The van der Waals surface area contributed by atoms with Gasteiger partial charge in [0.05, 0.1) is 20.1 Å². The number of hydrogen-bond acceptors (Lipinski definition) is 5. The summed E-state index contributed by atoms with van der Waals surface area (Å²) in [5.74, 6) is 0.0261. The van der Waals surface area contributed by atoms with Gasteiger partial charge in [-0.3, -0.25) is 8.96 Å². The second kappa shape index (κ2) is 9.31. The summed E-state index contributed by atoms with van der Waals surface area (Å²) < 4.78 is 29.3. The molecule has 1 aromatic heterocycles. The molecule has 132 valence electrons. The van der Waals surface area contributed by atoms with Crippen molar-refractivity contribution in [3.63, 3.8) is 0 Å². The van der Waals surface area contributed by atoms with E-state index in [2.05, 4.69) is 4.98 Å². The smallest absolute Gasteiger partial charge is 0.351 e. The van der Waals surface area contributed by atoms with Crippen molar-refractivity contribution < 1.29 is 18.6 Å². The molecule has 2 atom stereocenters. The molecular weight excluding hydrogens is 344 g/mol. The maximum atomic E-state index is 13.1. The molecule has 0 aromatic carbocycles. The Morgan fingerprint density at radius 3 is 2.67 bits per heavy atom. The van der Waals surface area contributed by atoms with Crippen molar-refractivity contribution in [1.82, 2.24) is 9.55 Å². The quantitative estimate of drug-likeness (QED) is 0.862. The first-order valence-electron chi connectivity index (χ1n) is 6.83. The minimum Gasteiger partial charge on any atom is -0.393 e. The average molecular weight is 362 g/mol. The summed E-state index contributed by atoms with van der Waals surface area (Å²) in [5.41, 5.74) is 7.29. The normalized spacial score (nSPS) is 23.8. The van der Waals surface area contributed by atoms with Crippen LogP contribution >= 0.6 is 11.6 Å². The van der Waals surface area contributed by atoms with E-state index in [-0.39, 0.29) is 11.4 Å². The lowest BCUT2D eigenvalue weighted by atomic mass is 10.0. The molecule has 0 bridgehead atoms. The van der Waals surface area contributed by atoms with E-state index in [0.29, 0.717) is 24.6 Å². The predicted octanol–water partition coefficient (Wildman–Crippen LogP) is 2.31. The molecular formula is C15H18ClF2N3O3. The maximum absolute atomic E-state index is 13.1. The zero-order chi connectivity index (χ0) is 18.3. The minimum absolute atomic E-state index is 0.0261. The second-order valence-electron chi connectivity index (χ2n) is 4.53. The Labute approximate surface area is 142 Å². The molecule has 1 aliphatic rings. The molecule has 0 saturated carbocycles. The molecule has 0 radical (unpaired) electrons. The Morgan fingerprint density at radius 1 is 1.50 bits per heavy atom. The van der Waals surface area contributed by atoms with Gasteiger partial charge in [0.1, 0.15) is 11.9 Å². The number of nitrogens with zero attached hydrogens (tertiary/aromatic N) is 2. The van der Waals surface area contributed by atoms with Gasteiger partial charge >= 0.3 is 5.69 Å². The second-order valence-corrected chi connectivity index (χ2v) is 4.78. The summed E-state index contributed by atoms with van der Waals surface area (Å²) in [5, 5.41) is 9.29. The van der Waals surface area contributed by atoms with Crippen LogP contribution < -0.4 is 11.4 Å². The SMILES string of the molecule is C/C=C1\C(=C/F)C(CO)OC1n1cc(/C=C/Cl)c(N)nc1=O.CF. The molecule has 1 saturated heterocycles. The van der Waals surface area contributed by atoms with Gasteiger partial charge in [0.25, 0.3) is 0 Å². The number of aromatic nitrogens is 2. The van der Waals surface area contributed by atoms with Gasteiger partial charge in [0.15, 0.2) is 6.23 Å². The van der Waals surface area contributed by atoms with E-state index >= 15 is 0 Å². The van der Waals surface area contributed by atoms with Crippen LogP contribution in [-0.2, 0) is 4.74 Å². The fourth-order valence-corrected chi connectivity index (χ4v) is 2.43. The van der Waals surface area contributed by atoms with E-state index in [9.17, 15) is 18.7 Å². The highest BCUT2D eigenvalue weighted by Gasteiger charge is 2.36. The number of allylic oxidation sites excluding steroid dienone is 1. The number of aliphatic hydroxyl groups excluding tert-OH is 1. The van der Waals surface area contributed by atoms with Crippen LogP contribution in [0.5, 0.6) is 0 Å². The monoisotopic (exact) mass is 361 g/mol. The molecule has 6 nitrogen and oxygen atoms in total. The number of hydrogen-bond donors (Lipinski definition) is 2. The highest BCUT2D eigenvalue weighted by molar-refractivity contribution is 6.27. The molecule has 0 amide bonds. The van der Waals surface area contributed by atoms with Crippen LogP contribution in [-0.4, -0.2) is 34.5 Å². The van der Waals surface area contributed by atoms with Gasteiger partial charge in [0.2, 0.25) is 0 Å². The summed E-state index contributed by atoms with van der Waals surface area (Å²) in [6.07, 6.45) is 3.13. The van der Waals surface area contributed by atoms with Crippen LogP contribution in [0, 0.1) is 0 Å². The molecule has 1 aliphatic heterocycles. The zero-order valence-electron chi connectivity index (χ0n) is 13.1. The van der Waals surface area contributed by atoms with Crippen molar-refractivity contribution in [1.29, 1.82) is 0 Å². The molecule has 0 aliphatic carbocycles. The van der Waals surface area contributed by atoms with E-state index in [4.69, 9.17) is 22.1 Å². The molecule has 2 rings (SSSR count). The third-order valence-corrected chi connectivity index (χ3v) is 3.47. The van der Waals surface area contributed by atoms with E-state index in [1.54, 1.807) is 13.0 Å². The Balaban J connectivity index is 0.00000139. The number of aliphatic hydroxyl groups is 1. The minimum atomic E-state index is -0.896. The van der Waals surface area contributed by atoms with E-state index in [0.717, 1.165) is 0 Å². The fourth-order valence-electron chi connectivity index (χ4n) is 2.29. The number of nitrogen functional groups attached to an aromatic ring is 1. The first-order valence-corrected chi connectivity index (χ1v) is 7.27. The summed E-state index contributed by atoms with van der Waals surface area (Å²) >= 11 is 5.52. The maximum Gasteiger partial charge on any atom is 0.351 e. The fraction of sp³-hybridized carbons (Fsp3) is 0.333. The van der Waals surface area contributed by atoms with E-state index in [1.165, 1.54) is 22.4 Å². The summed E-state index contributed by atoms with van der Waals surface area (Å²) in [6, 6.07) is 0. The van der Waals surface area contributed by atoms with Gasteiger partial charge in [-0.15, -0.1) is 0 Å². The van der Waals surface area contributed by atoms with Crippen LogP contribution in [0.2, 0.25) is 0 Å². The zero-order valence-corrected chi connectivity index (χ0v) is 13.9. The number of halogens is 3. The van der Waals surface area contributed by atoms with Crippen LogP contribution in [0.1, 0.15) is 18.7 Å². The van der Waals surface area contributed by atoms with Gasteiger partial charge in [-0.2, -0.15) is 4.98 Å². The average Bonchev–Trinajstić information content (AvgIpc) is 2.96. The van der Waals surface area contributed by atoms with Gasteiger partial charge in [-0.05, 0) is 13.0 Å². The Morgan fingerprint density at radius 2 is 2.17 bits per heavy atom. The molecule has 0 spiro atoms. The third kappa shape index (κ3) is 3.89. The van der Waals surface area contributed by atoms with Crippen molar-refractivity contribution in [2.24, 2.45) is 0 Å². The predicted molar refractivity (Wildman–Crippen MR) is 88.8 cm³/mol. The molecule has 3 N–H and O–H groups in total. The topological polar surface area (TPSA) is 90.4 Å². The summed E-state index contributed by atoms with van der Waals surface area (Å²) in [7, 11) is 0.500. The summed E-state index contributed by atoms with van der Waals surface area (Å²) in [4.78, 5) is 15.8. The molecule has 24 heavy (non-hydrogen) atoms.